The number of nitrogens with two attached hydrogens (primary N) is 1. The Hall–Kier alpha value is -2.94. The molecule has 5 N–H and O–H groups in total. The molecule has 32 heavy (non-hydrogen) atoms. The van der Waals surface area contributed by atoms with Crippen LogP contribution >= 0.6 is 11.3 Å². The first-order valence-electron chi connectivity index (χ1n) is 10.7. The highest BCUT2D eigenvalue weighted by Crippen LogP contribution is 2.30. The molecule has 8 heteroatoms. The van der Waals surface area contributed by atoms with Crippen LogP contribution in [0.2, 0.25) is 19.1 Å². The molecular formula is C24H28N4O2SSi. The Morgan fingerprint density at radius 1 is 1.16 bits per heavy atom. The van der Waals surface area contributed by atoms with Crippen LogP contribution in [0, 0.1) is 0 Å². The second-order valence-electron chi connectivity index (χ2n) is 8.95. The summed E-state index contributed by atoms with van der Waals surface area (Å²) in [5.41, 5.74) is 9.68. The van der Waals surface area contributed by atoms with Crippen molar-refractivity contribution < 1.29 is 9.59 Å². The standard InChI is InChI=1S/C24H28N4O2SSi/c1-32(2)14-21(27-15-32)24(30)26-13-16-5-7-17(8-6-16)23(29)28-20-12-18(9-10-19(20)25)22-4-3-11-31-22/h3-12,21,27H,13-15,25H2,1-2H3,(H,26,30)(H,28,29)/t21-/m0/s1. The lowest BCUT2D eigenvalue weighted by molar-refractivity contribution is -0.122. The highest BCUT2D eigenvalue weighted by Gasteiger charge is 2.35. The summed E-state index contributed by atoms with van der Waals surface area (Å²) >= 11 is 1.64. The number of hydrogen-bond donors (Lipinski definition) is 4. The van der Waals surface area contributed by atoms with Crippen LogP contribution in [0.3, 0.4) is 0 Å². The van der Waals surface area contributed by atoms with Crippen LogP contribution in [-0.2, 0) is 11.3 Å². The summed E-state index contributed by atoms with van der Waals surface area (Å²) in [4.78, 5) is 26.3. The maximum absolute atomic E-state index is 12.7. The van der Waals surface area contributed by atoms with Crippen molar-refractivity contribution >= 4 is 42.6 Å². The van der Waals surface area contributed by atoms with Gasteiger partial charge in [-0.1, -0.05) is 37.4 Å². The molecule has 6 nitrogen and oxygen atoms in total. The molecule has 2 aromatic carbocycles. The van der Waals surface area contributed by atoms with Crippen LogP contribution < -0.4 is 21.7 Å². The molecule has 1 aliphatic heterocycles. The second-order valence-corrected chi connectivity index (χ2v) is 15.0. The fourth-order valence-electron chi connectivity index (χ4n) is 3.82. The molecule has 1 saturated heterocycles. The lowest BCUT2D eigenvalue weighted by Gasteiger charge is -2.14. The van der Waals surface area contributed by atoms with E-state index in [1.54, 1.807) is 29.5 Å². The van der Waals surface area contributed by atoms with Crippen molar-refractivity contribution in [2.24, 2.45) is 0 Å². The average Bonchev–Trinajstić information content (AvgIpc) is 3.43. The first-order valence-corrected chi connectivity index (χ1v) is 14.9. The van der Waals surface area contributed by atoms with Crippen molar-refractivity contribution in [1.82, 2.24) is 10.6 Å². The Bertz CT molecular complexity index is 1110. The van der Waals surface area contributed by atoms with E-state index < -0.39 is 8.07 Å². The third-order valence-electron chi connectivity index (χ3n) is 5.69. The molecule has 1 aromatic heterocycles. The molecule has 0 unspecified atom stereocenters. The smallest absolute Gasteiger partial charge is 0.255 e. The third kappa shape index (κ3) is 5.27. The van der Waals surface area contributed by atoms with Gasteiger partial charge in [0.1, 0.15) is 0 Å². The third-order valence-corrected chi connectivity index (χ3v) is 9.28. The van der Waals surface area contributed by atoms with Gasteiger partial charge in [-0.05, 0) is 59.1 Å². The molecule has 1 fully saturated rings. The Balaban J connectivity index is 1.35. The fraction of sp³-hybridized carbons (Fsp3) is 0.250. The van der Waals surface area contributed by atoms with E-state index in [-0.39, 0.29) is 17.9 Å². The van der Waals surface area contributed by atoms with Gasteiger partial charge in [-0.2, -0.15) is 0 Å². The zero-order valence-corrected chi connectivity index (χ0v) is 20.1. The Morgan fingerprint density at radius 3 is 2.59 bits per heavy atom. The highest BCUT2D eigenvalue weighted by atomic mass is 32.1. The zero-order chi connectivity index (χ0) is 22.7. The van der Waals surface area contributed by atoms with E-state index in [2.05, 4.69) is 29.0 Å². The van der Waals surface area contributed by atoms with Crippen LogP contribution in [0.5, 0.6) is 0 Å². The van der Waals surface area contributed by atoms with E-state index >= 15 is 0 Å². The van der Waals surface area contributed by atoms with Crippen molar-refractivity contribution in [3.8, 4) is 10.4 Å². The molecule has 0 aliphatic carbocycles. The van der Waals surface area contributed by atoms with Crippen molar-refractivity contribution in [3.05, 3.63) is 71.1 Å². The van der Waals surface area contributed by atoms with E-state index in [4.69, 9.17) is 5.73 Å². The lowest BCUT2D eigenvalue weighted by Crippen LogP contribution is -2.39. The number of amides is 2. The number of rotatable bonds is 6. The van der Waals surface area contributed by atoms with Gasteiger partial charge in [0.15, 0.2) is 0 Å². The molecule has 4 rings (SSSR count). The Morgan fingerprint density at radius 2 is 1.94 bits per heavy atom. The normalized spacial score (nSPS) is 17.1. The van der Waals surface area contributed by atoms with Gasteiger partial charge in [-0.15, -0.1) is 11.3 Å². The summed E-state index contributed by atoms with van der Waals surface area (Å²) in [5.74, 6) is -0.177. The first kappa shape index (κ1) is 22.3. The predicted molar refractivity (Wildman–Crippen MR) is 134 cm³/mol. The largest absolute Gasteiger partial charge is 0.397 e. The van der Waals surface area contributed by atoms with Gasteiger partial charge in [0.25, 0.3) is 5.91 Å². The van der Waals surface area contributed by atoms with Gasteiger partial charge in [0.2, 0.25) is 5.91 Å². The molecular weight excluding hydrogens is 436 g/mol. The summed E-state index contributed by atoms with van der Waals surface area (Å²) < 4.78 is 0. The zero-order valence-electron chi connectivity index (χ0n) is 18.3. The molecule has 1 aliphatic rings. The Labute approximate surface area is 193 Å². The average molecular weight is 465 g/mol. The van der Waals surface area contributed by atoms with E-state index in [0.29, 0.717) is 23.5 Å². The van der Waals surface area contributed by atoms with Gasteiger partial charge in [-0.25, -0.2) is 0 Å². The predicted octanol–water partition coefficient (Wildman–Crippen LogP) is 4.09. The van der Waals surface area contributed by atoms with Gasteiger partial charge in [-0.3, -0.25) is 9.59 Å². The minimum atomic E-state index is -1.27. The summed E-state index contributed by atoms with van der Waals surface area (Å²) in [6.45, 7) is 5.03. The molecule has 166 valence electrons. The topological polar surface area (TPSA) is 96.2 Å². The van der Waals surface area contributed by atoms with Crippen molar-refractivity contribution in [1.29, 1.82) is 0 Å². The lowest BCUT2D eigenvalue weighted by atomic mass is 10.1. The minimum absolute atomic E-state index is 0.0472. The van der Waals surface area contributed by atoms with Crippen LogP contribution in [0.25, 0.3) is 10.4 Å². The Kier molecular flexibility index (Phi) is 6.45. The molecule has 2 heterocycles. The van der Waals surface area contributed by atoms with Crippen LogP contribution in [0.4, 0.5) is 11.4 Å². The van der Waals surface area contributed by atoms with Crippen LogP contribution in [0.15, 0.2) is 60.0 Å². The fourth-order valence-corrected chi connectivity index (χ4v) is 6.93. The highest BCUT2D eigenvalue weighted by molar-refractivity contribution is 7.13. The van der Waals surface area contributed by atoms with E-state index in [1.165, 1.54) is 0 Å². The first-order chi connectivity index (χ1) is 15.3. The molecule has 0 spiro atoms. The van der Waals surface area contributed by atoms with Crippen molar-refractivity contribution in [2.75, 3.05) is 17.2 Å². The van der Waals surface area contributed by atoms with Gasteiger partial charge in [0, 0.05) is 17.0 Å². The number of thiophene rings is 1. The number of hydrogen-bond acceptors (Lipinski definition) is 5. The summed E-state index contributed by atoms with van der Waals surface area (Å²) in [6, 6.07) is 17.8. The number of nitrogen functional groups attached to an aromatic ring is 1. The van der Waals surface area contributed by atoms with Gasteiger partial charge in [0.05, 0.1) is 25.5 Å². The molecule has 0 saturated carbocycles. The number of nitrogens with one attached hydrogen (secondary N) is 3. The van der Waals surface area contributed by atoms with Crippen molar-refractivity contribution in [2.45, 2.75) is 31.7 Å². The monoisotopic (exact) mass is 464 g/mol. The maximum Gasteiger partial charge on any atom is 0.255 e. The molecule has 1 atom stereocenters. The maximum atomic E-state index is 12.7. The molecule has 0 radical (unpaired) electrons. The molecule has 0 bridgehead atoms. The van der Waals surface area contributed by atoms with Gasteiger partial charge >= 0.3 is 0 Å². The van der Waals surface area contributed by atoms with E-state index in [1.807, 2.05) is 41.8 Å². The summed E-state index contributed by atoms with van der Waals surface area (Å²) in [5, 5.41) is 11.3. The number of carbonyl (C=O) groups excluding carboxylic acids is 2. The van der Waals surface area contributed by atoms with Gasteiger partial charge < -0.3 is 21.7 Å². The number of carbonyl (C=O) groups is 2. The van der Waals surface area contributed by atoms with Crippen LogP contribution in [0.1, 0.15) is 15.9 Å². The molecule has 3 aromatic rings. The number of benzene rings is 2. The van der Waals surface area contributed by atoms with E-state index in [0.717, 1.165) is 28.2 Å². The quantitative estimate of drug-likeness (QED) is 0.326. The molecule has 2 amide bonds. The number of anilines is 2. The van der Waals surface area contributed by atoms with E-state index in [9.17, 15) is 9.59 Å². The minimum Gasteiger partial charge on any atom is -0.397 e. The second kappa shape index (κ2) is 9.28. The van der Waals surface area contributed by atoms with Crippen molar-refractivity contribution in [3.63, 3.8) is 0 Å². The summed E-state index contributed by atoms with van der Waals surface area (Å²) in [7, 11) is -1.27. The SMILES string of the molecule is C[Si]1(C)CN[C@H](C(=O)NCc2ccc(C(=O)Nc3cc(-c4cccs4)ccc3N)cc2)C1. The van der Waals surface area contributed by atoms with Crippen LogP contribution in [-0.4, -0.2) is 32.1 Å². The summed E-state index contributed by atoms with van der Waals surface area (Å²) in [6.07, 6.45) is 0.982.